The van der Waals surface area contributed by atoms with Crippen LogP contribution in [0, 0.1) is 0 Å². The third-order valence-electron chi connectivity index (χ3n) is 4.44. The average molecular weight is 372 g/mol. The van der Waals surface area contributed by atoms with Crippen molar-refractivity contribution in [2.45, 2.75) is 16.6 Å². The summed E-state index contributed by atoms with van der Waals surface area (Å²) in [6.07, 6.45) is 0.398. The Labute approximate surface area is 152 Å². The fourth-order valence-electron chi connectivity index (χ4n) is 2.97. The Bertz CT molecular complexity index is 882. The van der Waals surface area contributed by atoms with Gasteiger partial charge < -0.3 is 10.2 Å². The molecule has 1 N–H and O–H groups in total. The first-order chi connectivity index (χ1) is 12.5. The van der Waals surface area contributed by atoms with Crippen molar-refractivity contribution in [3.05, 3.63) is 66.2 Å². The molecule has 0 spiro atoms. The van der Waals surface area contributed by atoms with Gasteiger partial charge in [-0.2, -0.15) is 0 Å². The van der Waals surface area contributed by atoms with Crippen molar-refractivity contribution in [1.29, 1.82) is 0 Å². The molecule has 0 radical (unpaired) electrons. The molecule has 7 heteroatoms. The monoisotopic (exact) mass is 372 g/mol. The molecule has 1 aliphatic rings. The molecule has 136 valence electrons. The highest BCUT2D eigenvalue weighted by Crippen LogP contribution is 2.23. The van der Waals surface area contributed by atoms with Crippen LogP contribution in [0.1, 0.15) is 16.8 Å². The molecule has 26 heavy (non-hydrogen) atoms. The van der Waals surface area contributed by atoms with E-state index >= 15 is 0 Å². The van der Waals surface area contributed by atoms with Gasteiger partial charge in [0, 0.05) is 18.7 Å². The highest BCUT2D eigenvalue weighted by Gasteiger charge is 2.35. The summed E-state index contributed by atoms with van der Waals surface area (Å²) >= 11 is 0. The van der Waals surface area contributed by atoms with E-state index in [2.05, 4.69) is 5.32 Å². The van der Waals surface area contributed by atoms with Gasteiger partial charge in [0.15, 0.2) is 9.84 Å². The minimum absolute atomic E-state index is 0.147. The van der Waals surface area contributed by atoms with Crippen molar-refractivity contribution >= 4 is 21.7 Å². The van der Waals surface area contributed by atoms with Crippen molar-refractivity contribution in [2.75, 3.05) is 19.6 Å². The van der Waals surface area contributed by atoms with Gasteiger partial charge in [-0.15, -0.1) is 0 Å². The van der Waals surface area contributed by atoms with Crippen molar-refractivity contribution in [3.63, 3.8) is 0 Å². The number of rotatable bonds is 5. The standard InChI is InChI=1S/C19H20N2O4S/c22-18(13-20-19(23)15-7-3-1-4-8-15)21-12-11-17(14-21)26(24,25)16-9-5-2-6-10-16/h1-10,17H,11-14H2,(H,20,23). The molecule has 0 aliphatic carbocycles. The molecule has 2 amide bonds. The highest BCUT2D eigenvalue weighted by atomic mass is 32.2. The summed E-state index contributed by atoms with van der Waals surface area (Å²) in [5.74, 6) is -0.605. The number of benzene rings is 2. The van der Waals surface area contributed by atoms with E-state index in [4.69, 9.17) is 0 Å². The van der Waals surface area contributed by atoms with Gasteiger partial charge in [-0.1, -0.05) is 36.4 Å². The number of nitrogens with zero attached hydrogens (tertiary/aromatic N) is 1. The fourth-order valence-corrected chi connectivity index (χ4v) is 4.68. The second-order valence-electron chi connectivity index (χ2n) is 6.16. The lowest BCUT2D eigenvalue weighted by atomic mass is 10.2. The van der Waals surface area contributed by atoms with Crippen LogP contribution in [-0.2, 0) is 14.6 Å². The van der Waals surface area contributed by atoms with Crippen LogP contribution in [0.3, 0.4) is 0 Å². The van der Waals surface area contributed by atoms with Crippen LogP contribution in [0.4, 0.5) is 0 Å². The second-order valence-corrected chi connectivity index (χ2v) is 8.39. The molecule has 1 saturated heterocycles. The summed E-state index contributed by atoms with van der Waals surface area (Å²) in [5, 5.41) is 1.97. The average Bonchev–Trinajstić information content (AvgIpc) is 3.18. The molecule has 1 atom stereocenters. The summed E-state index contributed by atoms with van der Waals surface area (Å²) < 4.78 is 25.3. The summed E-state index contributed by atoms with van der Waals surface area (Å²) in [6, 6.07) is 16.9. The van der Waals surface area contributed by atoms with Gasteiger partial charge in [-0.25, -0.2) is 8.42 Å². The quantitative estimate of drug-likeness (QED) is 0.862. The number of carbonyl (C=O) groups is 2. The van der Waals surface area contributed by atoms with E-state index in [1.165, 1.54) is 4.90 Å². The lowest BCUT2D eigenvalue weighted by molar-refractivity contribution is -0.129. The Morgan fingerprint density at radius 3 is 2.27 bits per heavy atom. The zero-order chi connectivity index (χ0) is 18.6. The molecule has 0 aromatic heterocycles. The number of amides is 2. The summed E-state index contributed by atoms with van der Waals surface area (Å²) in [5.41, 5.74) is 0.478. The van der Waals surface area contributed by atoms with Crippen molar-refractivity contribution in [1.82, 2.24) is 10.2 Å². The normalized spacial score (nSPS) is 17.1. The number of hydrogen-bond donors (Lipinski definition) is 1. The van der Waals surface area contributed by atoms with Gasteiger partial charge >= 0.3 is 0 Å². The Morgan fingerprint density at radius 1 is 1.00 bits per heavy atom. The van der Waals surface area contributed by atoms with Gasteiger partial charge in [-0.05, 0) is 30.7 Å². The van der Waals surface area contributed by atoms with Crippen LogP contribution < -0.4 is 5.32 Å². The second kappa shape index (κ2) is 7.70. The van der Waals surface area contributed by atoms with Crippen LogP contribution in [0.25, 0.3) is 0 Å². The van der Waals surface area contributed by atoms with E-state index in [9.17, 15) is 18.0 Å². The van der Waals surface area contributed by atoms with Crippen molar-refractivity contribution in [2.24, 2.45) is 0 Å². The van der Waals surface area contributed by atoms with Crippen LogP contribution >= 0.6 is 0 Å². The minimum Gasteiger partial charge on any atom is -0.343 e. The zero-order valence-electron chi connectivity index (χ0n) is 14.2. The van der Waals surface area contributed by atoms with Crippen LogP contribution in [-0.4, -0.2) is 50.0 Å². The van der Waals surface area contributed by atoms with Gasteiger partial charge in [0.2, 0.25) is 5.91 Å². The molecular formula is C19H20N2O4S. The van der Waals surface area contributed by atoms with Gasteiger partial charge in [0.25, 0.3) is 5.91 Å². The van der Waals surface area contributed by atoms with E-state index in [0.29, 0.717) is 18.5 Å². The predicted molar refractivity (Wildman–Crippen MR) is 97.4 cm³/mol. The highest BCUT2D eigenvalue weighted by molar-refractivity contribution is 7.92. The maximum absolute atomic E-state index is 12.6. The first-order valence-corrected chi connectivity index (χ1v) is 9.93. The lowest BCUT2D eigenvalue weighted by Gasteiger charge is -2.17. The maximum Gasteiger partial charge on any atom is 0.251 e. The molecule has 1 aliphatic heterocycles. The van der Waals surface area contributed by atoms with Crippen LogP contribution in [0.5, 0.6) is 0 Å². The summed E-state index contributed by atoms with van der Waals surface area (Å²) in [4.78, 5) is 26.1. The topological polar surface area (TPSA) is 83.6 Å². The van der Waals surface area contributed by atoms with Crippen molar-refractivity contribution < 1.29 is 18.0 Å². The maximum atomic E-state index is 12.6. The Morgan fingerprint density at radius 2 is 1.62 bits per heavy atom. The third kappa shape index (κ3) is 3.94. The summed E-state index contributed by atoms with van der Waals surface area (Å²) in [6.45, 7) is 0.375. The van der Waals surface area contributed by atoms with E-state index in [1.54, 1.807) is 60.7 Å². The number of likely N-dealkylation sites (tertiary alicyclic amines) is 1. The molecule has 0 bridgehead atoms. The molecule has 2 aromatic carbocycles. The molecule has 1 unspecified atom stereocenters. The van der Waals surface area contributed by atoms with Gasteiger partial charge in [0.05, 0.1) is 16.7 Å². The number of hydrogen-bond acceptors (Lipinski definition) is 4. The van der Waals surface area contributed by atoms with E-state index < -0.39 is 15.1 Å². The van der Waals surface area contributed by atoms with Crippen LogP contribution in [0.2, 0.25) is 0 Å². The molecule has 0 saturated carbocycles. The molecule has 1 fully saturated rings. The smallest absolute Gasteiger partial charge is 0.251 e. The van der Waals surface area contributed by atoms with E-state index in [1.807, 2.05) is 0 Å². The Kier molecular flexibility index (Phi) is 5.37. The SMILES string of the molecule is O=C(NCC(=O)N1CCC(S(=O)(=O)c2ccccc2)C1)c1ccccc1. The molecule has 6 nitrogen and oxygen atoms in total. The first-order valence-electron chi connectivity index (χ1n) is 8.38. The molecule has 1 heterocycles. The summed E-state index contributed by atoms with van der Waals surface area (Å²) in [7, 11) is -3.46. The third-order valence-corrected chi connectivity index (χ3v) is 6.64. The van der Waals surface area contributed by atoms with E-state index in [-0.39, 0.29) is 29.8 Å². The lowest BCUT2D eigenvalue weighted by Crippen LogP contribution is -2.40. The number of sulfone groups is 1. The van der Waals surface area contributed by atoms with Crippen LogP contribution in [0.15, 0.2) is 65.6 Å². The Balaban J connectivity index is 1.57. The number of nitrogens with one attached hydrogen (secondary N) is 1. The molecule has 2 aromatic rings. The van der Waals surface area contributed by atoms with Crippen molar-refractivity contribution in [3.8, 4) is 0 Å². The van der Waals surface area contributed by atoms with E-state index in [0.717, 1.165) is 0 Å². The predicted octanol–water partition coefficient (Wildman–Crippen LogP) is 1.49. The zero-order valence-corrected chi connectivity index (χ0v) is 15.0. The first kappa shape index (κ1) is 18.1. The molecule has 3 rings (SSSR count). The van der Waals surface area contributed by atoms with Gasteiger partial charge in [0.1, 0.15) is 0 Å². The largest absolute Gasteiger partial charge is 0.343 e. The number of carbonyl (C=O) groups excluding carboxylic acids is 2. The fraction of sp³-hybridized carbons (Fsp3) is 0.263. The molecular weight excluding hydrogens is 352 g/mol. The Hall–Kier alpha value is -2.67. The minimum atomic E-state index is -3.46. The van der Waals surface area contributed by atoms with Gasteiger partial charge in [-0.3, -0.25) is 9.59 Å².